The van der Waals surface area contributed by atoms with Gasteiger partial charge in [0.1, 0.15) is 17.0 Å². The first-order valence-electron chi connectivity index (χ1n) is 10.9. The Morgan fingerprint density at radius 3 is 2.33 bits per heavy atom. The molecule has 166 valence electrons. The first-order valence-corrected chi connectivity index (χ1v) is 10.9. The maximum absolute atomic E-state index is 13.8. The fraction of sp³-hybridized carbons (Fsp3) is 0.222. The first-order chi connectivity index (χ1) is 15.8. The molecule has 0 N–H and O–H groups in total. The molecule has 0 aliphatic rings. The number of furan rings is 1. The molecule has 0 aliphatic carbocycles. The third-order valence-corrected chi connectivity index (χ3v) is 6.11. The van der Waals surface area contributed by atoms with E-state index in [1.54, 1.807) is 24.5 Å². The number of fused-ring (bicyclic) bond motifs is 2. The number of hydrogen-bond acceptors (Lipinski definition) is 4. The molecule has 6 nitrogen and oxygen atoms in total. The second-order valence-electron chi connectivity index (χ2n) is 9.34. The van der Waals surface area contributed by atoms with Gasteiger partial charge in [-0.15, -0.1) is 0 Å². The number of rotatable bonds is 3. The number of nitrogens with zero attached hydrogens (tertiary/aromatic N) is 3. The highest BCUT2D eigenvalue weighted by Crippen LogP contribution is 2.26. The molecule has 0 saturated heterocycles. The van der Waals surface area contributed by atoms with Crippen molar-refractivity contribution in [3.63, 3.8) is 0 Å². The van der Waals surface area contributed by atoms with Crippen molar-refractivity contribution in [2.45, 2.75) is 32.7 Å². The zero-order valence-electron chi connectivity index (χ0n) is 19.1. The quantitative estimate of drug-likeness (QED) is 0.377. The molecule has 0 unspecified atom stereocenters. The summed E-state index contributed by atoms with van der Waals surface area (Å²) in [5.41, 5.74) is 2.41. The summed E-state index contributed by atoms with van der Waals surface area (Å²) < 4.78 is 8.86. The van der Waals surface area contributed by atoms with E-state index in [2.05, 4.69) is 32.9 Å². The van der Waals surface area contributed by atoms with Gasteiger partial charge in [-0.3, -0.25) is 14.2 Å². The minimum absolute atomic E-state index is 0.00595. The Morgan fingerprint density at radius 2 is 1.67 bits per heavy atom. The Morgan fingerprint density at radius 1 is 0.939 bits per heavy atom. The van der Waals surface area contributed by atoms with Gasteiger partial charge in [-0.2, -0.15) is 0 Å². The Hall–Kier alpha value is -3.93. The number of pyridine rings is 1. The molecule has 0 atom stereocenters. The first kappa shape index (κ1) is 20.9. The number of aromatic nitrogens is 3. The van der Waals surface area contributed by atoms with Gasteiger partial charge in [-0.05, 0) is 35.2 Å². The van der Waals surface area contributed by atoms with Gasteiger partial charge in [0.25, 0.3) is 5.56 Å². The van der Waals surface area contributed by atoms with Gasteiger partial charge in [-0.25, -0.2) is 4.98 Å². The molecule has 5 rings (SSSR count). The Kier molecular flexibility index (Phi) is 4.81. The molecular formula is C27H25N3O3. The van der Waals surface area contributed by atoms with Crippen LogP contribution in [0.25, 0.3) is 33.3 Å². The molecule has 2 aromatic carbocycles. The summed E-state index contributed by atoms with van der Waals surface area (Å²) in [6.45, 7) is 6.65. The van der Waals surface area contributed by atoms with E-state index in [9.17, 15) is 9.59 Å². The lowest BCUT2D eigenvalue weighted by Crippen LogP contribution is -2.29. The van der Waals surface area contributed by atoms with Crippen LogP contribution in [-0.2, 0) is 19.0 Å². The summed E-state index contributed by atoms with van der Waals surface area (Å²) in [6, 6.07) is 18.9. The minimum Gasteiger partial charge on any atom is -0.467 e. The fourth-order valence-electron chi connectivity index (χ4n) is 4.24. The van der Waals surface area contributed by atoms with Crippen LogP contribution >= 0.6 is 0 Å². The smallest absolute Gasteiger partial charge is 0.267 e. The molecule has 0 saturated carbocycles. The van der Waals surface area contributed by atoms with Crippen LogP contribution in [0.15, 0.2) is 80.9 Å². The Labute approximate surface area is 190 Å². The van der Waals surface area contributed by atoms with Gasteiger partial charge in [0, 0.05) is 18.0 Å². The predicted octanol–water partition coefficient (Wildman–Crippen LogP) is 4.85. The van der Waals surface area contributed by atoms with Crippen LogP contribution in [0, 0.1) is 0 Å². The standard InChI is InChI=1S/C27H25N3O3/c1-27(2,3)18-13-11-17(12-14-18)24-28-25-22(26(32)30(24)16-19-8-7-15-33-19)23(31)20-9-5-6-10-21(20)29(25)4/h5-15H,16H2,1-4H3. The number of benzene rings is 2. The minimum atomic E-state index is -0.377. The predicted molar refractivity (Wildman–Crippen MR) is 131 cm³/mol. The summed E-state index contributed by atoms with van der Waals surface area (Å²) >= 11 is 0. The highest BCUT2D eigenvalue weighted by Gasteiger charge is 2.20. The summed E-state index contributed by atoms with van der Waals surface area (Å²) in [5, 5.41) is 0.580. The average molecular weight is 440 g/mol. The van der Waals surface area contributed by atoms with Crippen LogP contribution in [-0.4, -0.2) is 14.1 Å². The molecular weight excluding hydrogens is 414 g/mol. The van der Waals surface area contributed by atoms with Gasteiger partial charge < -0.3 is 8.98 Å². The molecule has 33 heavy (non-hydrogen) atoms. The summed E-state index contributed by atoms with van der Waals surface area (Å²) in [5.74, 6) is 1.11. The normalized spacial score (nSPS) is 12.0. The van der Waals surface area contributed by atoms with Crippen molar-refractivity contribution >= 4 is 21.9 Å². The zero-order chi connectivity index (χ0) is 23.3. The summed E-state index contributed by atoms with van der Waals surface area (Å²) in [7, 11) is 1.83. The molecule has 6 heteroatoms. The van der Waals surface area contributed by atoms with Gasteiger partial charge in [0.2, 0.25) is 5.43 Å². The van der Waals surface area contributed by atoms with E-state index >= 15 is 0 Å². The van der Waals surface area contributed by atoms with E-state index in [4.69, 9.17) is 9.40 Å². The van der Waals surface area contributed by atoms with Crippen LogP contribution in [0.5, 0.6) is 0 Å². The molecule has 0 aliphatic heterocycles. The lowest BCUT2D eigenvalue weighted by Gasteiger charge is -2.20. The fourth-order valence-corrected chi connectivity index (χ4v) is 4.24. The van der Waals surface area contributed by atoms with E-state index in [0.29, 0.717) is 22.6 Å². The molecule has 3 aromatic heterocycles. The number of para-hydroxylation sites is 1. The molecule has 0 amide bonds. The summed E-state index contributed by atoms with van der Waals surface area (Å²) in [6.07, 6.45) is 1.57. The van der Waals surface area contributed by atoms with Crippen LogP contribution in [0.2, 0.25) is 0 Å². The third-order valence-electron chi connectivity index (χ3n) is 6.11. The van der Waals surface area contributed by atoms with Gasteiger partial charge in [-0.1, -0.05) is 57.2 Å². The van der Waals surface area contributed by atoms with Crippen molar-refractivity contribution in [3.05, 3.63) is 98.8 Å². The van der Waals surface area contributed by atoms with Crippen LogP contribution in [0.4, 0.5) is 0 Å². The SMILES string of the molecule is Cn1c2ccccc2c(=O)c2c(=O)n(Cc3ccco3)c(-c3ccc(C(C)(C)C)cc3)nc21. The molecule has 0 fully saturated rings. The van der Waals surface area contributed by atoms with E-state index < -0.39 is 0 Å². The summed E-state index contributed by atoms with van der Waals surface area (Å²) in [4.78, 5) is 32.0. The van der Waals surface area contributed by atoms with E-state index in [1.807, 2.05) is 41.9 Å². The molecule has 0 radical (unpaired) electrons. The molecule has 0 bridgehead atoms. The highest BCUT2D eigenvalue weighted by atomic mass is 16.3. The van der Waals surface area contributed by atoms with Gasteiger partial charge in [0.15, 0.2) is 5.65 Å². The lowest BCUT2D eigenvalue weighted by atomic mass is 9.86. The maximum Gasteiger partial charge on any atom is 0.267 e. The average Bonchev–Trinajstić information content (AvgIpc) is 3.31. The van der Waals surface area contributed by atoms with Crippen molar-refractivity contribution < 1.29 is 4.42 Å². The second-order valence-corrected chi connectivity index (χ2v) is 9.34. The largest absolute Gasteiger partial charge is 0.467 e. The van der Waals surface area contributed by atoms with Crippen molar-refractivity contribution in [2.24, 2.45) is 7.05 Å². The van der Waals surface area contributed by atoms with Crippen LogP contribution in [0.3, 0.4) is 0 Å². The van der Waals surface area contributed by atoms with Crippen molar-refractivity contribution in [1.82, 2.24) is 14.1 Å². The van der Waals surface area contributed by atoms with E-state index in [0.717, 1.165) is 11.1 Å². The van der Waals surface area contributed by atoms with Crippen LogP contribution in [0.1, 0.15) is 32.1 Å². The monoisotopic (exact) mass is 439 g/mol. The third kappa shape index (κ3) is 3.48. The van der Waals surface area contributed by atoms with Crippen molar-refractivity contribution in [1.29, 1.82) is 0 Å². The molecule has 5 aromatic rings. The Balaban J connectivity index is 1.85. The zero-order valence-corrected chi connectivity index (χ0v) is 19.1. The molecule has 0 spiro atoms. The van der Waals surface area contributed by atoms with E-state index in [1.165, 1.54) is 10.1 Å². The maximum atomic E-state index is 13.8. The topological polar surface area (TPSA) is 70.0 Å². The van der Waals surface area contributed by atoms with Gasteiger partial charge >= 0.3 is 0 Å². The highest BCUT2D eigenvalue weighted by molar-refractivity contribution is 5.91. The second kappa shape index (κ2) is 7.59. The van der Waals surface area contributed by atoms with Crippen LogP contribution < -0.4 is 11.0 Å². The van der Waals surface area contributed by atoms with Gasteiger partial charge in [0.05, 0.1) is 18.3 Å². The van der Waals surface area contributed by atoms with E-state index in [-0.39, 0.29) is 28.3 Å². The number of aryl methyl sites for hydroxylation is 1. The number of hydrogen-bond donors (Lipinski definition) is 0. The Bertz CT molecular complexity index is 1600. The lowest BCUT2D eigenvalue weighted by molar-refractivity contribution is 0.490. The van der Waals surface area contributed by atoms with Crippen molar-refractivity contribution in [3.8, 4) is 11.4 Å². The molecule has 3 heterocycles. The van der Waals surface area contributed by atoms with Crippen molar-refractivity contribution in [2.75, 3.05) is 0 Å².